The molecule has 4 amide bonds. The summed E-state index contributed by atoms with van der Waals surface area (Å²) in [6, 6.07) is -0.441. The maximum atomic E-state index is 12.6. The Kier molecular flexibility index (Phi) is 2.41. The Bertz CT molecular complexity index is 506. The smallest absolute Gasteiger partial charge is 0.322 e. The zero-order valence-electron chi connectivity index (χ0n) is 11.4. The predicted molar refractivity (Wildman–Crippen MR) is 69.5 cm³/mol. The summed E-state index contributed by atoms with van der Waals surface area (Å²) in [6.45, 7) is 0.901. The van der Waals surface area contributed by atoms with Crippen LogP contribution in [0.5, 0.6) is 0 Å². The van der Waals surface area contributed by atoms with E-state index >= 15 is 0 Å². The molecule has 1 spiro atoms. The van der Waals surface area contributed by atoms with Gasteiger partial charge in [-0.1, -0.05) is 6.42 Å². The topological polar surface area (TPSA) is 78.5 Å². The number of imide groups is 1. The molecule has 4 atom stereocenters. The fourth-order valence-corrected chi connectivity index (χ4v) is 4.60. The number of nitrogens with one attached hydrogen (secondary N) is 2. The fraction of sp³-hybridized carbons (Fsp3) is 0.786. The molecule has 2 aliphatic heterocycles. The highest BCUT2D eigenvalue weighted by Crippen LogP contribution is 2.49. The van der Waals surface area contributed by atoms with E-state index in [1.165, 1.54) is 19.3 Å². The zero-order valence-corrected chi connectivity index (χ0v) is 11.4. The van der Waals surface area contributed by atoms with Crippen LogP contribution in [0.4, 0.5) is 4.79 Å². The van der Waals surface area contributed by atoms with Gasteiger partial charge in [0.15, 0.2) is 0 Å². The van der Waals surface area contributed by atoms with E-state index in [-0.39, 0.29) is 17.7 Å². The molecule has 0 aromatic carbocycles. The molecule has 20 heavy (non-hydrogen) atoms. The van der Waals surface area contributed by atoms with Gasteiger partial charge in [0.05, 0.1) is 6.54 Å². The second kappa shape index (κ2) is 3.96. The van der Waals surface area contributed by atoms with E-state index in [9.17, 15) is 14.4 Å². The van der Waals surface area contributed by atoms with Crippen LogP contribution in [0.25, 0.3) is 0 Å². The Balaban J connectivity index is 1.47. The van der Waals surface area contributed by atoms with Crippen LogP contribution in [0.2, 0.25) is 0 Å². The van der Waals surface area contributed by atoms with Gasteiger partial charge in [-0.25, -0.2) is 4.79 Å². The number of nitrogens with zero attached hydrogens (tertiary/aromatic N) is 1. The largest absolute Gasteiger partial charge is 0.339 e. The summed E-state index contributed by atoms with van der Waals surface area (Å²) in [5, 5.41) is 4.97. The number of amides is 4. The molecule has 6 heteroatoms. The highest BCUT2D eigenvalue weighted by molar-refractivity contribution is 6.07. The first-order valence-corrected chi connectivity index (χ1v) is 7.50. The van der Waals surface area contributed by atoms with Gasteiger partial charge >= 0.3 is 6.03 Å². The van der Waals surface area contributed by atoms with Crippen molar-refractivity contribution in [2.24, 2.45) is 17.8 Å². The highest BCUT2D eigenvalue weighted by Gasteiger charge is 2.53. The average molecular weight is 277 g/mol. The van der Waals surface area contributed by atoms with Crippen molar-refractivity contribution in [3.63, 3.8) is 0 Å². The SMILES string of the molecule is O=C1NC(=O)C2(CCN(C(=O)C3CC4CCC3C4)C2)N1. The van der Waals surface area contributed by atoms with Crippen LogP contribution in [0.1, 0.15) is 32.1 Å². The van der Waals surface area contributed by atoms with E-state index in [2.05, 4.69) is 10.6 Å². The molecule has 4 aliphatic rings. The summed E-state index contributed by atoms with van der Waals surface area (Å²) in [5.41, 5.74) is -0.871. The molecule has 0 aromatic rings. The molecule has 4 unspecified atom stereocenters. The molecule has 2 saturated heterocycles. The van der Waals surface area contributed by atoms with Crippen LogP contribution >= 0.6 is 0 Å². The first-order chi connectivity index (χ1) is 9.57. The second-order valence-corrected chi connectivity index (χ2v) is 6.78. The van der Waals surface area contributed by atoms with Crippen LogP contribution in [-0.4, -0.2) is 41.4 Å². The molecule has 4 fully saturated rings. The van der Waals surface area contributed by atoms with Gasteiger partial charge in [0.25, 0.3) is 5.91 Å². The molecule has 0 aromatic heterocycles. The monoisotopic (exact) mass is 277 g/mol. The minimum absolute atomic E-state index is 0.157. The summed E-state index contributed by atoms with van der Waals surface area (Å²) >= 11 is 0. The lowest BCUT2D eigenvalue weighted by Crippen LogP contribution is -2.50. The Morgan fingerprint density at radius 1 is 1.25 bits per heavy atom. The van der Waals surface area contributed by atoms with Gasteiger partial charge < -0.3 is 10.2 Å². The van der Waals surface area contributed by atoms with Crippen molar-refractivity contribution in [1.29, 1.82) is 0 Å². The number of hydrogen-bond acceptors (Lipinski definition) is 3. The van der Waals surface area contributed by atoms with Crippen LogP contribution in [0.15, 0.2) is 0 Å². The summed E-state index contributed by atoms with van der Waals surface area (Å²) in [7, 11) is 0. The molecule has 2 saturated carbocycles. The van der Waals surface area contributed by atoms with Crippen molar-refractivity contribution in [3.05, 3.63) is 0 Å². The van der Waals surface area contributed by atoms with Crippen LogP contribution in [-0.2, 0) is 9.59 Å². The number of hydrogen-bond donors (Lipinski definition) is 2. The third-order valence-electron chi connectivity index (χ3n) is 5.65. The molecule has 2 N–H and O–H groups in total. The Morgan fingerprint density at radius 2 is 2.10 bits per heavy atom. The van der Waals surface area contributed by atoms with Crippen molar-refractivity contribution in [1.82, 2.24) is 15.5 Å². The van der Waals surface area contributed by atoms with Gasteiger partial charge in [0.2, 0.25) is 5.91 Å². The van der Waals surface area contributed by atoms with Crippen LogP contribution in [0.3, 0.4) is 0 Å². The van der Waals surface area contributed by atoms with E-state index in [0.717, 1.165) is 12.3 Å². The lowest BCUT2D eigenvalue weighted by atomic mass is 9.88. The number of likely N-dealkylation sites (tertiary alicyclic amines) is 1. The number of carbonyl (C=O) groups excluding carboxylic acids is 3. The maximum absolute atomic E-state index is 12.6. The van der Waals surface area contributed by atoms with Crippen LogP contribution in [0, 0.1) is 17.8 Å². The van der Waals surface area contributed by atoms with Gasteiger partial charge in [-0.05, 0) is 37.5 Å². The molecule has 0 radical (unpaired) electrons. The number of urea groups is 1. The molecule has 2 heterocycles. The summed E-state index contributed by atoms with van der Waals surface area (Å²) in [6.07, 6.45) is 5.20. The Morgan fingerprint density at radius 3 is 2.70 bits per heavy atom. The second-order valence-electron chi connectivity index (χ2n) is 6.78. The van der Waals surface area contributed by atoms with Crippen molar-refractivity contribution in [2.75, 3.05) is 13.1 Å². The van der Waals surface area contributed by atoms with E-state index in [0.29, 0.717) is 25.4 Å². The summed E-state index contributed by atoms with van der Waals surface area (Å²) in [4.78, 5) is 37.6. The van der Waals surface area contributed by atoms with Crippen molar-refractivity contribution in [2.45, 2.75) is 37.6 Å². The number of fused-ring (bicyclic) bond motifs is 2. The molecular formula is C14H19N3O3. The molecule has 6 nitrogen and oxygen atoms in total. The Labute approximate surface area is 117 Å². The van der Waals surface area contributed by atoms with Crippen molar-refractivity contribution in [3.8, 4) is 0 Å². The molecule has 2 aliphatic carbocycles. The maximum Gasteiger partial charge on any atom is 0.322 e. The fourth-order valence-electron chi connectivity index (χ4n) is 4.60. The van der Waals surface area contributed by atoms with E-state index in [1.807, 2.05) is 0 Å². The van der Waals surface area contributed by atoms with Crippen molar-refractivity contribution >= 4 is 17.8 Å². The van der Waals surface area contributed by atoms with Gasteiger partial charge in [0.1, 0.15) is 5.54 Å². The average Bonchev–Trinajstić information content (AvgIpc) is 3.15. The lowest BCUT2D eigenvalue weighted by Gasteiger charge is -2.27. The minimum Gasteiger partial charge on any atom is -0.339 e. The van der Waals surface area contributed by atoms with Crippen molar-refractivity contribution < 1.29 is 14.4 Å². The first-order valence-electron chi connectivity index (χ1n) is 7.50. The first kappa shape index (κ1) is 12.2. The Hall–Kier alpha value is -1.59. The predicted octanol–water partition coefficient (Wildman–Crippen LogP) is 0.233. The minimum atomic E-state index is -0.871. The lowest BCUT2D eigenvalue weighted by molar-refractivity contribution is -0.136. The molecule has 2 bridgehead atoms. The van der Waals surface area contributed by atoms with E-state index in [1.54, 1.807) is 4.90 Å². The van der Waals surface area contributed by atoms with Gasteiger partial charge in [-0.2, -0.15) is 0 Å². The highest BCUT2D eigenvalue weighted by atomic mass is 16.2. The quantitative estimate of drug-likeness (QED) is 0.674. The van der Waals surface area contributed by atoms with Crippen LogP contribution < -0.4 is 10.6 Å². The summed E-state index contributed by atoms with van der Waals surface area (Å²) < 4.78 is 0. The van der Waals surface area contributed by atoms with Gasteiger partial charge in [0, 0.05) is 12.5 Å². The normalized spacial score (nSPS) is 42.4. The number of rotatable bonds is 1. The zero-order chi connectivity index (χ0) is 13.9. The third kappa shape index (κ3) is 1.60. The van der Waals surface area contributed by atoms with E-state index in [4.69, 9.17) is 0 Å². The standard InChI is InChI=1S/C14H19N3O3/c18-11(10-6-8-1-2-9(10)5-8)17-4-3-14(7-17)12(19)15-13(20)16-14/h8-10H,1-7H2,(H2,15,16,19,20). The number of carbonyl (C=O) groups is 3. The van der Waals surface area contributed by atoms with E-state index < -0.39 is 11.6 Å². The van der Waals surface area contributed by atoms with Gasteiger partial charge in [-0.15, -0.1) is 0 Å². The molecule has 108 valence electrons. The van der Waals surface area contributed by atoms with Gasteiger partial charge in [-0.3, -0.25) is 14.9 Å². The third-order valence-corrected chi connectivity index (χ3v) is 5.65. The molecular weight excluding hydrogens is 258 g/mol. The summed E-state index contributed by atoms with van der Waals surface area (Å²) in [5.74, 6) is 1.36. The molecule has 4 rings (SSSR count).